The molecule has 2 nitrogen and oxygen atoms in total. The highest BCUT2D eigenvalue weighted by Crippen LogP contribution is 2.27. The lowest BCUT2D eigenvalue weighted by Gasteiger charge is -2.11. The lowest BCUT2D eigenvalue weighted by atomic mass is 10.0. The van der Waals surface area contributed by atoms with E-state index in [2.05, 4.69) is 0 Å². The van der Waals surface area contributed by atoms with Gasteiger partial charge in [0.2, 0.25) is 0 Å². The fourth-order valence-electron chi connectivity index (χ4n) is 1.83. The predicted molar refractivity (Wildman–Crippen MR) is 78.0 cm³/mol. The van der Waals surface area contributed by atoms with Gasteiger partial charge in [-0.2, -0.15) is 0 Å². The van der Waals surface area contributed by atoms with Crippen LogP contribution in [0.1, 0.15) is 24.2 Å². The summed E-state index contributed by atoms with van der Waals surface area (Å²) < 4.78 is 5.66. The number of benzene rings is 2. The molecule has 0 bridgehead atoms. The van der Waals surface area contributed by atoms with Crippen LogP contribution >= 0.6 is 11.6 Å². The van der Waals surface area contributed by atoms with Crippen LogP contribution in [0.15, 0.2) is 42.5 Å². The minimum atomic E-state index is 0.131. The summed E-state index contributed by atoms with van der Waals surface area (Å²) in [5.74, 6) is 0.815. The zero-order chi connectivity index (χ0) is 13.8. The molecule has 98 valence electrons. The van der Waals surface area contributed by atoms with Crippen molar-refractivity contribution in [1.82, 2.24) is 0 Å². The average molecular weight is 275 g/mol. The lowest BCUT2D eigenvalue weighted by molar-refractivity contribution is 0.112. The van der Waals surface area contributed by atoms with Crippen molar-refractivity contribution in [3.63, 3.8) is 0 Å². The van der Waals surface area contributed by atoms with E-state index in [0.29, 0.717) is 10.6 Å². The summed E-state index contributed by atoms with van der Waals surface area (Å²) in [6, 6.07) is 13.2. The average Bonchev–Trinajstić information content (AvgIpc) is 2.39. The van der Waals surface area contributed by atoms with Crippen molar-refractivity contribution in [2.45, 2.75) is 20.0 Å². The maximum atomic E-state index is 10.9. The molecule has 0 aromatic heterocycles. The maximum Gasteiger partial charge on any atom is 0.151 e. The first kappa shape index (κ1) is 13.6. The SMILES string of the molecule is CC(C)Oc1cccc(-c2ccc(Cl)c(C=O)c2)c1. The molecule has 0 saturated carbocycles. The number of hydrogen-bond acceptors (Lipinski definition) is 2. The summed E-state index contributed by atoms with van der Waals surface area (Å²) >= 11 is 5.93. The van der Waals surface area contributed by atoms with E-state index in [-0.39, 0.29) is 6.10 Å². The van der Waals surface area contributed by atoms with Gasteiger partial charge in [0.15, 0.2) is 6.29 Å². The zero-order valence-corrected chi connectivity index (χ0v) is 11.6. The van der Waals surface area contributed by atoms with Gasteiger partial charge in [-0.1, -0.05) is 29.8 Å². The van der Waals surface area contributed by atoms with Crippen molar-refractivity contribution >= 4 is 17.9 Å². The van der Waals surface area contributed by atoms with Crippen LogP contribution in [0.3, 0.4) is 0 Å². The van der Waals surface area contributed by atoms with Crippen molar-refractivity contribution < 1.29 is 9.53 Å². The number of carbonyl (C=O) groups is 1. The third-order valence-corrected chi connectivity index (χ3v) is 3.01. The smallest absolute Gasteiger partial charge is 0.151 e. The molecular weight excluding hydrogens is 260 g/mol. The summed E-state index contributed by atoms with van der Waals surface area (Å²) in [5, 5.41) is 0.466. The van der Waals surface area contributed by atoms with Crippen molar-refractivity contribution in [3.8, 4) is 16.9 Å². The molecule has 0 N–H and O–H groups in total. The Kier molecular flexibility index (Phi) is 4.23. The van der Waals surface area contributed by atoms with Crippen LogP contribution in [0.4, 0.5) is 0 Å². The summed E-state index contributed by atoms with van der Waals surface area (Å²) in [5.41, 5.74) is 2.44. The minimum Gasteiger partial charge on any atom is -0.491 e. The maximum absolute atomic E-state index is 10.9. The van der Waals surface area contributed by atoms with E-state index in [9.17, 15) is 4.79 Å². The molecular formula is C16H15ClO2. The summed E-state index contributed by atoms with van der Waals surface area (Å²) in [6.45, 7) is 3.97. The van der Waals surface area contributed by atoms with Crippen LogP contribution in [-0.4, -0.2) is 12.4 Å². The second-order valence-corrected chi connectivity index (χ2v) is 4.96. The molecule has 19 heavy (non-hydrogen) atoms. The number of ether oxygens (including phenoxy) is 1. The molecule has 0 fully saturated rings. The van der Waals surface area contributed by atoms with Crippen molar-refractivity contribution in [2.24, 2.45) is 0 Å². The lowest BCUT2D eigenvalue weighted by Crippen LogP contribution is -2.05. The minimum absolute atomic E-state index is 0.131. The molecule has 0 saturated heterocycles. The molecule has 2 aromatic carbocycles. The molecule has 0 aliphatic rings. The molecule has 0 aliphatic carbocycles. The van der Waals surface area contributed by atoms with E-state index in [1.54, 1.807) is 12.1 Å². The Morgan fingerprint density at radius 1 is 1.11 bits per heavy atom. The number of aldehydes is 1. The molecule has 0 spiro atoms. The van der Waals surface area contributed by atoms with Crippen LogP contribution in [0.2, 0.25) is 5.02 Å². The highest BCUT2D eigenvalue weighted by molar-refractivity contribution is 6.33. The van der Waals surface area contributed by atoms with E-state index in [4.69, 9.17) is 16.3 Å². The Morgan fingerprint density at radius 2 is 1.84 bits per heavy atom. The van der Waals surface area contributed by atoms with Gasteiger partial charge >= 0.3 is 0 Å². The first-order chi connectivity index (χ1) is 9.10. The second-order valence-electron chi connectivity index (χ2n) is 4.55. The number of rotatable bonds is 4. The fraction of sp³-hybridized carbons (Fsp3) is 0.188. The monoisotopic (exact) mass is 274 g/mol. The van der Waals surface area contributed by atoms with Crippen molar-refractivity contribution in [1.29, 1.82) is 0 Å². The van der Waals surface area contributed by atoms with Crippen molar-refractivity contribution in [2.75, 3.05) is 0 Å². The fourth-order valence-corrected chi connectivity index (χ4v) is 2.00. The highest BCUT2D eigenvalue weighted by atomic mass is 35.5. The van der Waals surface area contributed by atoms with E-state index < -0.39 is 0 Å². The Hall–Kier alpha value is -1.80. The van der Waals surface area contributed by atoms with E-state index in [0.717, 1.165) is 23.2 Å². The van der Waals surface area contributed by atoms with Crippen molar-refractivity contribution in [3.05, 3.63) is 53.1 Å². The van der Waals surface area contributed by atoms with Gasteiger partial charge in [-0.05, 0) is 49.2 Å². The normalized spacial score (nSPS) is 10.5. The predicted octanol–water partition coefficient (Wildman–Crippen LogP) is 4.61. The zero-order valence-electron chi connectivity index (χ0n) is 10.9. The van der Waals surface area contributed by atoms with Gasteiger partial charge < -0.3 is 4.74 Å². The summed E-state index contributed by atoms with van der Waals surface area (Å²) in [6.07, 6.45) is 0.895. The molecule has 2 aromatic rings. The Balaban J connectivity index is 2.38. The van der Waals surface area contributed by atoms with Crippen LogP contribution in [-0.2, 0) is 0 Å². The quantitative estimate of drug-likeness (QED) is 0.761. The van der Waals surface area contributed by atoms with Gasteiger partial charge in [-0.15, -0.1) is 0 Å². The molecule has 0 aliphatic heterocycles. The number of carbonyl (C=O) groups excluding carboxylic acids is 1. The first-order valence-corrected chi connectivity index (χ1v) is 6.50. The topological polar surface area (TPSA) is 26.3 Å². The Bertz CT molecular complexity index is 591. The molecule has 0 heterocycles. The Morgan fingerprint density at radius 3 is 2.53 bits per heavy atom. The van der Waals surface area contributed by atoms with Crippen LogP contribution in [0.5, 0.6) is 5.75 Å². The largest absolute Gasteiger partial charge is 0.491 e. The standard InChI is InChI=1S/C16H15ClO2/c1-11(2)19-15-5-3-4-12(9-15)13-6-7-16(17)14(8-13)10-18/h3-11H,1-2H3. The van der Waals surface area contributed by atoms with Gasteiger partial charge in [-0.25, -0.2) is 0 Å². The van der Waals surface area contributed by atoms with Gasteiger partial charge in [0.05, 0.1) is 11.1 Å². The molecule has 3 heteroatoms. The third kappa shape index (κ3) is 3.36. The van der Waals surface area contributed by atoms with Gasteiger partial charge in [0.1, 0.15) is 5.75 Å². The summed E-state index contributed by atoms with van der Waals surface area (Å²) in [4.78, 5) is 10.9. The van der Waals surface area contributed by atoms with Crippen LogP contribution in [0, 0.1) is 0 Å². The van der Waals surface area contributed by atoms with E-state index >= 15 is 0 Å². The van der Waals surface area contributed by atoms with Gasteiger partial charge in [-0.3, -0.25) is 4.79 Å². The second kappa shape index (κ2) is 5.89. The van der Waals surface area contributed by atoms with Crippen LogP contribution < -0.4 is 4.74 Å². The highest BCUT2D eigenvalue weighted by Gasteiger charge is 2.05. The molecule has 0 amide bonds. The van der Waals surface area contributed by atoms with Gasteiger partial charge in [0, 0.05) is 5.56 Å². The molecule has 2 rings (SSSR count). The first-order valence-electron chi connectivity index (χ1n) is 6.12. The Labute approximate surface area is 118 Å². The number of halogens is 1. The molecule has 0 unspecified atom stereocenters. The van der Waals surface area contributed by atoms with E-state index in [1.807, 2.05) is 44.2 Å². The van der Waals surface area contributed by atoms with E-state index in [1.165, 1.54) is 0 Å². The molecule has 0 radical (unpaired) electrons. The molecule has 0 atom stereocenters. The number of hydrogen-bond donors (Lipinski definition) is 0. The van der Waals surface area contributed by atoms with Crippen LogP contribution in [0.25, 0.3) is 11.1 Å². The summed E-state index contributed by atoms with van der Waals surface area (Å²) in [7, 11) is 0. The third-order valence-electron chi connectivity index (χ3n) is 2.66. The van der Waals surface area contributed by atoms with Gasteiger partial charge in [0.25, 0.3) is 0 Å².